The van der Waals surface area contributed by atoms with Crippen molar-refractivity contribution < 1.29 is 0 Å². The topological polar surface area (TPSA) is 54.3 Å². The Hall–Kier alpha value is -1.43. The summed E-state index contributed by atoms with van der Waals surface area (Å²) in [5, 5.41) is 18.9. The first-order valence-electron chi connectivity index (χ1n) is 8.38. The number of aryl methyl sites for hydroxylation is 1. The lowest BCUT2D eigenvalue weighted by atomic mass is 9.99. The van der Waals surface area contributed by atoms with Gasteiger partial charge in [-0.3, -0.25) is 4.99 Å². The Balaban J connectivity index is 2.31. The molecule has 0 fully saturated rings. The number of halogens is 1. The Kier molecular flexibility index (Phi) is 6.78. The van der Waals surface area contributed by atoms with Gasteiger partial charge in [0.25, 0.3) is 0 Å². The average molecular weight is 350 g/mol. The van der Waals surface area contributed by atoms with Crippen LogP contribution in [0.1, 0.15) is 37.8 Å². The SMILES string of the molecule is CCC(CCN(C)[O-])C1=NCC(C)=NN1c1ccc(CCl)c(C)c1. The van der Waals surface area contributed by atoms with Crippen molar-refractivity contribution in [1.29, 1.82) is 0 Å². The number of benzene rings is 1. The van der Waals surface area contributed by atoms with E-state index >= 15 is 0 Å². The van der Waals surface area contributed by atoms with Crippen LogP contribution in [0.3, 0.4) is 0 Å². The summed E-state index contributed by atoms with van der Waals surface area (Å²) in [6.45, 7) is 7.29. The normalized spacial score (nSPS) is 16.2. The highest BCUT2D eigenvalue weighted by molar-refractivity contribution is 6.17. The van der Waals surface area contributed by atoms with Crippen molar-refractivity contribution in [3.63, 3.8) is 0 Å². The van der Waals surface area contributed by atoms with Crippen LogP contribution in [0, 0.1) is 18.0 Å². The molecule has 1 atom stereocenters. The first kappa shape index (κ1) is 18.9. The molecule has 6 heteroatoms. The highest BCUT2D eigenvalue weighted by Crippen LogP contribution is 2.26. The molecule has 132 valence electrons. The Labute approximate surface area is 149 Å². The average Bonchev–Trinajstić information content (AvgIpc) is 2.56. The van der Waals surface area contributed by atoms with Crippen LogP contribution in [0.15, 0.2) is 28.3 Å². The van der Waals surface area contributed by atoms with Gasteiger partial charge in [0.1, 0.15) is 5.84 Å². The molecule has 2 rings (SSSR count). The minimum atomic E-state index is 0.214. The van der Waals surface area contributed by atoms with Gasteiger partial charge in [-0.2, -0.15) is 5.10 Å². The first-order valence-corrected chi connectivity index (χ1v) is 8.92. The van der Waals surface area contributed by atoms with E-state index in [4.69, 9.17) is 21.7 Å². The van der Waals surface area contributed by atoms with Gasteiger partial charge < -0.3 is 10.3 Å². The molecule has 5 nitrogen and oxygen atoms in total. The quantitative estimate of drug-likeness (QED) is 0.548. The molecule has 0 aliphatic carbocycles. The van der Waals surface area contributed by atoms with Crippen molar-refractivity contribution in [3.8, 4) is 0 Å². The van der Waals surface area contributed by atoms with E-state index in [-0.39, 0.29) is 5.92 Å². The van der Waals surface area contributed by atoms with Gasteiger partial charge in [0.15, 0.2) is 0 Å². The van der Waals surface area contributed by atoms with Crippen molar-refractivity contribution in [2.75, 3.05) is 25.1 Å². The van der Waals surface area contributed by atoms with Crippen LogP contribution < -0.4 is 5.01 Å². The van der Waals surface area contributed by atoms with Gasteiger partial charge >= 0.3 is 0 Å². The third-order valence-corrected chi connectivity index (χ3v) is 4.61. The fraction of sp³-hybridized carbons (Fsp3) is 0.556. The lowest BCUT2D eigenvalue weighted by molar-refractivity contribution is 0.412. The Morgan fingerprint density at radius 2 is 2.12 bits per heavy atom. The van der Waals surface area contributed by atoms with Crippen LogP contribution in [0.25, 0.3) is 0 Å². The summed E-state index contributed by atoms with van der Waals surface area (Å²) in [5.74, 6) is 1.66. The monoisotopic (exact) mass is 349 g/mol. The molecule has 0 spiro atoms. The van der Waals surface area contributed by atoms with Gasteiger partial charge in [-0.15, -0.1) is 11.6 Å². The number of anilines is 1. The Morgan fingerprint density at radius 3 is 2.71 bits per heavy atom. The molecule has 1 aromatic rings. The predicted octanol–water partition coefficient (Wildman–Crippen LogP) is 4.17. The van der Waals surface area contributed by atoms with Crippen molar-refractivity contribution in [3.05, 3.63) is 34.5 Å². The van der Waals surface area contributed by atoms with Crippen LogP contribution in [-0.2, 0) is 5.88 Å². The highest BCUT2D eigenvalue weighted by Gasteiger charge is 2.24. The Morgan fingerprint density at radius 1 is 1.38 bits per heavy atom. The number of hydrogen-bond donors (Lipinski definition) is 0. The molecule has 0 aromatic heterocycles. The van der Waals surface area contributed by atoms with E-state index in [1.807, 2.05) is 24.1 Å². The minimum Gasteiger partial charge on any atom is -0.785 e. The number of hydrazone groups is 1. The number of amidine groups is 1. The number of rotatable bonds is 7. The number of hydroxylamine groups is 2. The molecule has 0 radical (unpaired) electrons. The molecule has 1 aromatic carbocycles. The molecule has 0 amide bonds. The minimum absolute atomic E-state index is 0.214. The third kappa shape index (κ3) is 4.56. The van der Waals surface area contributed by atoms with Gasteiger partial charge in [-0.05, 0) is 63.5 Å². The zero-order chi connectivity index (χ0) is 17.7. The number of aliphatic imine (C=N–C) groups is 1. The summed E-state index contributed by atoms with van der Waals surface area (Å²) >= 11 is 5.97. The maximum Gasteiger partial charge on any atom is 0.129 e. The molecular weight excluding hydrogens is 324 g/mol. The van der Waals surface area contributed by atoms with Crippen LogP contribution in [0.2, 0.25) is 0 Å². The summed E-state index contributed by atoms with van der Waals surface area (Å²) in [6, 6.07) is 6.18. The van der Waals surface area contributed by atoms with Crippen LogP contribution in [-0.4, -0.2) is 36.7 Å². The van der Waals surface area contributed by atoms with Gasteiger partial charge in [-0.1, -0.05) is 13.0 Å². The van der Waals surface area contributed by atoms with Gasteiger partial charge in [0.2, 0.25) is 0 Å². The summed E-state index contributed by atoms with van der Waals surface area (Å²) in [7, 11) is 1.56. The molecule has 0 saturated carbocycles. The van der Waals surface area contributed by atoms with E-state index in [1.165, 1.54) is 0 Å². The van der Waals surface area contributed by atoms with E-state index in [1.54, 1.807) is 7.05 Å². The van der Waals surface area contributed by atoms with Crippen LogP contribution in [0.5, 0.6) is 0 Å². The molecule has 0 saturated heterocycles. The van der Waals surface area contributed by atoms with Crippen LogP contribution >= 0.6 is 11.6 Å². The maximum absolute atomic E-state index is 11.3. The fourth-order valence-corrected chi connectivity index (χ4v) is 3.12. The van der Waals surface area contributed by atoms with Crippen LogP contribution in [0.4, 0.5) is 5.69 Å². The first-order chi connectivity index (χ1) is 11.5. The molecule has 24 heavy (non-hydrogen) atoms. The standard InChI is InChI=1S/C18H26ClN4O/c1-5-15(8-9-22(4)24)18-20-12-14(3)21-23(18)17-7-6-16(11-19)13(2)10-17/h6-7,10,15H,5,8-9,11-12H2,1-4H3/q-1. The lowest BCUT2D eigenvalue weighted by Crippen LogP contribution is -2.37. The molecule has 1 aliphatic rings. The number of hydrogen-bond acceptors (Lipinski definition) is 5. The molecule has 0 bridgehead atoms. The number of alkyl halides is 1. The smallest absolute Gasteiger partial charge is 0.129 e. The van der Waals surface area contributed by atoms with Gasteiger partial charge in [0.05, 0.1) is 17.9 Å². The number of nitrogens with zero attached hydrogens (tertiary/aromatic N) is 4. The van der Waals surface area contributed by atoms with E-state index in [2.05, 4.69) is 19.9 Å². The molecule has 0 N–H and O–H groups in total. The maximum atomic E-state index is 11.3. The largest absolute Gasteiger partial charge is 0.785 e. The van der Waals surface area contributed by atoms with E-state index in [0.717, 1.165) is 46.3 Å². The highest BCUT2D eigenvalue weighted by atomic mass is 35.5. The molecular formula is C18H26ClN4O-. The van der Waals surface area contributed by atoms with E-state index in [0.29, 0.717) is 19.0 Å². The van der Waals surface area contributed by atoms with Gasteiger partial charge in [0, 0.05) is 11.8 Å². The fourth-order valence-electron chi connectivity index (χ4n) is 2.82. The predicted molar refractivity (Wildman–Crippen MR) is 103 cm³/mol. The molecule has 1 unspecified atom stereocenters. The second-order valence-corrected chi connectivity index (χ2v) is 6.58. The second kappa shape index (κ2) is 8.60. The second-order valence-electron chi connectivity index (χ2n) is 6.31. The summed E-state index contributed by atoms with van der Waals surface area (Å²) in [5.41, 5.74) is 4.24. The summed E-state index contributed by atoms with van der Waals surface area (Å²) in [4.78, 5) is 4.75. The van der Waals surface area contributed by atoms with Crippen molar-refractivity contribution in [1.82, 2.24) is 5.06 Å². The summed E-state index contributed by atoms with van der Waals surface area (Å²) in [6.07, 6.45) is 1.70. The van der Waals surface area contributed by atoms with E-state index in [9.17, 15) is 5.21 Å². The third-order valence-electron chi connectivity index (χ3n) is 4.32. The lowest BCUT2D eigenvalue weighted by Gasteiger charge is -2.32. The molecule has 1 heterocycles. The van der Waals surface area contributed by atoms with Crippen molar-refractivity contribution >= 4 is 28.8 Å². The zero-order valence-corrected chi connectivity index (χ0v) is 15.7. The Bertz CT molecular complexity index is 627. The van der Waals surface area contributed by atoms with E-state index < -0.39 is 0 Å². The van der Waals surface area contributed by atoms with Crippen molar-refractivity contribution in [2.45, 2.75) is 39.5 Å². The van der Waals surface area contributed by atoms with Gasteiger partial charge in [-0.25, -0.2) is 5.01 Å². The summed E-state index contributed by atoms with van der Waals surface area (Å²) < 4.78 is 0. The zero-order valence-electron chi connectivity index (χ0n) is 14.9. The molecule has 1 aliphatic heterocycles. The van der Waals surface area contributed by atoms with Crippen molar-refractivity contribution in [2.24, 2.45) is 16.0 Å².